The highest BCUT2D eigenvalue weighted by molar-refractivity contribution is 5.75. The first kappa shape index (κ1) is 15.1. The van der Waals surface area contributed by atoms with E-state index in [0.717, 1.165) is 22.4 Å². The standard InChI is InChI=1S/C15H19NO3/c1-5-6-19-12-7-10(2)13(11(3)8-12)9-14(16)15(17)18-4/h1,7-8,14H,6,9,16H2,2-4H3/t14-/m0/s1. The molecule has 1 rings (SSSR count). The molecule has 102 valence electrons. The fraction of sp³-hybridized carbons (Fsp3) is 0.400. The van der Waals surface area contributed by atoms with Gasteiger partial charge < -0.3 is 15.2 Å². The van der Waals surface area contributed by atoms with Gasteiger partial charge in [0.05, 0.1) is 7.11 Å². The zero-order valence-electron chi connectivity index (χ0n) is 11.5. The van der Waals surface area contributed by atoms with Gasteiger partial charge >= 0.3 is 5.97 Å². The number of esters is 1. The Bertz CT molecular complexity index is 480. The van der Waals surface area contributed by atoms with Gasteiger partial charge in [-0.1, -0.05) is 5.92 Å². The summed E-state index contributed by atoms with van der Waals surface area (Å²) < 4.78 is 10.0. The normalized spacial score (nSPS) is 11.5. The van der Waals surface area contributed by atoms with E-state index >= 15 is 0 Å². The number of hydrogen-bond donors (Lipinski definition) is 1. The first-order valence-electron chi connectivity index (χ1n) is 5.99. The van der Waals surface area contributed by atoms with Gasteiger partial charge in [0.15, 0.2) is 0 Å². The molecule has 1 atom stereocenters. The average molecular weight is 261 g/mol. The third kappa shape index (κ3) is 4.01. The highest BCUT2D eigenvalue weighted by atomic mass is 16.5. The Morgan fingerprint density at radius 1 is 1.42 bits per heavy atom. The molecule has 19 heavy (non-hydrogen) atoms. The molecule has 0 unspecified atom stereocenters. The highest BCUT2D eigenvalue weighted by Crippen LogP contribution is 2.23. The van der Waals surface area contributed by atoms with Crippen molar-refractivity contribution in [3.05, 3.63) is 28.8 Å². The van der Waals surface area contributed by atoms with Gasteiger partial charge in [-0.3, -0.25) is 4.79 Å². The molecule has 0 amide bonds. The van der Waals surface area contributed by atoms with Gasteiger partial charge in [0.25, 0.3) is 0 Å². The first-order valence-corrected chi connectivity index (χ1v) is 5.99. The predicted molar refractivity (Wildman–Crippen MR) is 73.9 cm³/mol. The van der Waals surface area contributed by atoms with Crippen molar-refractivity contribution in [2.75, 3.05) is 13.7 Å². The highest BCUT2D eigenvalue weighted by Gasteiger charge is 2.17. The molecule has 0 aliphatic heterocycles. The van der Waals surface area contributed by atoms with E-state index in [2.05, 4.69) is 10.7 Å². The van der Waals surface area contributed by atoms with E-state index in [1.807, 2.05) is 26.0 Å². The summed E-state index contributed by atoms with van der Waals surface area (Å²) in [7, 11) is 1.33. The van der Waals surface area contributed by atoms with Crippen molar-refractivity contribution >= 4 is 5.97 Å². The Morgan fingerprint density at radius 3 is 2.47 bits per heavy atom. The smallest absolute Gasteiger partial charge is 0.322 e. The van der Waals surface area contributed by atoms with Crippen LogP contribution in [0.3, 0.4) is 0 Å². The molecule has 0 saturated heterocycles. The van der Waals surface area contributed by atoms with E-state index in [4.69, 9.17) is 16.9 Å². The van der Waals surface area contributed by atoms with Crippen LogP contribution in [0.5, 0.6) is 5.75 Å². The van der Waals surface area contributed by atoms with Crippen molar-refractivity contribution in [2.24, 2.45) is 5.73 Å². The Labute approximate surface area is 113 Å². The van der Waals surface area contributed by atoms with E-state index in [1.54, 1.807) is 0 Å². The van der Waals surface area contributed by atoms with Gasteiger partial charge in [-0.25, -0.2) is 0 Å². The van der Waals surface area contributed by atoms with E-state index in [1.165, 1.54) is 7.11 Å². The molecule has 0 heterocycles. The van der Waals surface area contributed by atoms with Crippen LogP contribution in [-0.2, 0) is 16.0 Å². The summed E-state index contributed by atoms with van der Waals surface area (Å²) >= 11 is 0. The van der Waals surface area contributed by atoms with Crippen LogP contribution in [0.1, 0.15) is 16.7 Å². The molecule has 1 aromatic carbocycles. The average Bonchev–Trinajstić information content (AvgIpc) is 2.39. The number of rotatable bonds is 5. The molecule has 4 nitrogen and oxygen atoms in total. The molecule has 0 spiro atoms. The Balaban J connectivity index is 2.91. The van der Waals surface area contributed by atoms with Gasteiger partial charge in [-0.05, 0) is 49.1 Å². The van der Waals surface area contributed by atoms with E-state index in [-0.39, 0.29) is 6.61 Å². The Hall–Kier alpha value is -1.99. The molecule has 0 bridgehead atoms. The molecular weight excluding hydrogens is 242 g/mol. The van der Waals surface area contributed by atoms with Crippen LogP contribution in [0.25, 0.3) is 0 Å². The van der Waals surface area contributed by atoms with Crippen molar-refractivity contribution in [3.63, 3.8) is 0 Å². The molecule has 4 heteroatoms. The predicted octanol–water partition coefficient (Wildman–Crippen LogP) is 1.36. The summed E-state index contributed by atoms with van der Waals surface area (Å²) in [6.07, 6.45) is 5.60. The second-order valence-corrected chi connectivity index (χ2v) is 4.36. The number of carbonyl (C=O) groups is 1. The molecule has 0 aliphatic rings. The third-order valence-electron chi connectivity index (χ3n) is 2.92. The number of carbonyl (C=O) groups excluding carboxylic acids is 1. The van der Waals surface area contributed by atoms with E-state index in [9.17, 15) is 4.79 Å². The lowest BCUT2D eigenvalue weighted by Gasteiger charge is -2.15. The Morgan fingerprint density at radius 2 is 2.00 bits per heavy atom. The topological polar surface area (TPSA) is 61.5 Å². The first-order chi connectivity index (χ1) is 8.99. The molecule has 2 N–H and O–H groups in total. The molecule has 0 radical (unpaired) electrons. The summed E-state index contributed by atoms with van der Waals surface area (Å²) in [5.41, 5.74) is 8.86. The van der Waals surface area contributed by atoms with Gasteiger partial charge in [-0.15, -0.1) is 6.42 Å². The molecule has 0 aromatic heterocycles. The number of hydrogen-bond acceptors (Lipinski definition) is 4. The second kappa shape index (κ2) is 6.81. The number of terminal acetylenes is 1. The minimum absolute atomic E-state index is 0.236. The maximum absolute atomic E-state index is 11.4. The zero-order valence-corrected chi connectivity index (χ0v) is 11.5. The maximum atomic E-state index is 11.4. The zero-order chi connectivity index (χ0) is 14.4. The fourth-order valence-corrected chi connectivity index (χ4v) is 1.94. The Kier molecular flexibility index (Phi) is 5.40. The van der Waals surface area contributed by atoms with Crippen molar-refractivity contribution in [1.82, 2.24) is 0 Å². The third-order valence-corrected chi connectivity index (χ3v) is 2.92. The van der Waals surface area contributed by atoms with Crippen LogP contribution < -0.4 is 10.5 Å². The van der Waals surface area contributed by atoms with Crippen LogP contribution in [0.4, 0.5) is 0 Å². The monoisotopic (exact) mass is 261 g/mol. The second-order valence-electron chi connectivity index (χ2n) is 4.36. The minimum atomic E-state index is -0.653. The van der Waals surface area contributed by atoms with Crippen LogP contribution >= 0.6 is 0 Å². The molecule has 1 aromatic rings. The number of methoxy groups -OCH3 is 1. The molecule has 0 aliphatic carbocycles. The van der Waals surface area contributed by atoms with Gasteiger partial charge in [-0.2, -0.15) is 0 Å². The number of benzene rings is 1. The van der Waals surface area contributed by atoms with Crippen LogP contribution in [0.15, 0.2) is 12.1 Å². The van der Waals surface area contributed by atoms with Gasteiger partial charge in [0, 0.05) is 0 Å². The summed E-state index contributed by atoms with van der Waals surface area (Å²) in [4.78, 5) is 11.4. The van der Waals surface area contributed by atoms with Crippen molar-refractivity contribution in [2.45, 2.75) is 26.3 Å². The maximum Gasteiger partial charge on any atom is 0.322 e. The lowest BCUT2D eigenvalue weighted by atomic mass is 9.96. The number of nitrogens with two attached hydrogens (primary N) is 1. The lowest BCUT2D eigenvalue weighted by Crippen LogP contribution is -2.34. The lowest BCUT2D eigenvalue weighted by molar-refractivity contribution is -0.142. The van der Waals surface area contributed by atoms with E-state index in [0.29, 0.717) is 6.42 Å². The summed E-state index contributed by atoms with van der Waals surface area (Å²) in [5, 5.41) is 0. The summed E-state index contributed by atoms with van der Waals surface area (Å²) in [6, 6.07) is 3.13. The van der Waals surface area contributed by atoms with Crippen molar-refractivity contribution in [3.8, 4) is 18.1 Å². The van der Waals surface area contributed by atoms with Crippen LogP contribution in [-0.4, -0.2) is 25.7 Å². The summed E-state index contributed by atoms with van der Waals surface area (Å²) in [5.74, 6) is 2.74. The van der Waals surface area contributed by atoms with Crippen molar-refractivity contribution < 1.29 is 14.3 Å². The SMILES string of the molecule is C#CCOc1cc(C)c(C[C@H](N)C(=O)OC)c(C)c1. The number of ether oxygens (including phenoxy) is 2. The van der Waals surface area contributed by atoms with E-state index < -0.39 is 12.0 Å². The molecular formula is C15H19NO3. The molecule has 0 saturated carbocycles. The largest absolute Gasteiger partial charge is 0.481 e. The quantitative estimate of drug-likeness (QED) is 0.642. The number of aryl methyl sites for hydroxylation is 2. The minimum Gasteiger partial charge on any atom is -0.481 e. The van der Waals surface area contributed by atoms with Crippen LogP contribution in [0, 0.1) is 26.2 Å². The van der Waals surface area contributed by atoms with Gasteiger partial charge in [0.2, 0.25) is 0 Å². The summed E-state index contributed by atoms with van der Waals surface area (Å²) in [6.45, 7) is 4.14. The van der Waals surface area contributed by atoms with Gasteiger partial charge in [0.1, 0.15) is 18.4 Å². The molecule has 0 fully saturated rings. The van der Waals surface area contributed by atoms with Crippen LogP contribution in [0.2, 0.25) is 0 Å². The van der Waals surface area contributed by atoms with Crippen molar-refractivity contribution in [1.29, 1.82) is 0 Å². The fourth-order valence-electron chi connectivity index (χ4n) is 1.94.